The van der Waals surface area contributed by atoms with Gasteiger partial charge in [-0.3, -0.25) is 0 Å². The fourth-order valence-corrected chi connectivity index (χ4v) is 1.94. The van der Waals surface area contributed by atoms with Gasteiger partial charge in [0, 0.05) is 6.20 Å². The molecule has 1 heterocycles. The van der Waals surface area contributed by atoms with E-state index in [4.69, 9.17) is 4.74 Å². The van der Waals surface area contributed by atoms with Crippen molar-refractivity contribution in [3.8, 4) is 17.1 Å². The molecule has 20 heavy (non-hydrogen) atoms. The van der Waals surface area contributed by atoms with E-state index in [1.165, 1.54) is 11.1 Å². The Balaban J connectivity index is 1.75. The molecule has 0 aliphatic heterocycles. The van der Waals surface area contributed by atoms with Gasteiger partial charge < -0.3 is 4.74 Å². The first-order valence-electron chi connectivity index (χ1n) is 6.38. The average Bonchev–Trinajstić information content (AvgIpc) is 2.55. The second-order valence-corrected chi connectivity index (χ2v) is 4.32. The van der Waals surface area contributed by atoms with Crippen molar-refractivity contribution < 1.29 is 4.74 Å². The molecule has 0 saturated heterocycles. The SMILES string of the molecule is [c]1ccnc(OCc2cccc(-c3ccccc3)c2)n1. The lowest BCUT2D eigenvalue weighted by Crippen LogP contribution is -1.98. The summed E-state index contributed by atoms with van der Waals surface area (Å²) in [6, 6.07) is 20.5. The Labute approximate surface area is 117 Å². The number of hydrogen-bond donors (Lipinski definition) is 0. The molecule has 0 amide bonds. The van der Waals surface area contributed by atoms with Crippen molar-refractivity contribution in [2.75, 3.05) is 0 Å². The van der Waals surface area contributed by atoms with Gasteiger partial charge in [-0.05, 0) is 28.8 Å². The molecule has 3 heteroatoms. The highest BCUT2D eigenvalue weighted by Gasteiger charge is 2.01. The van der Waals surface area contributed by atoms with Crippen LogP contribution >= 0.6 is 0 Å². The van der Waals surface area contributed by atoms with Gasteiger partial charge in [0.15, 0.2) is 0 Å². The maximum atomic E-state index is 5.53. The van der Waals surface area contributed by atoms with Crippen LogP contribution in [0, 0.1) is 6.20 Å². The molecular weight excluding hydrogens is 248 g/mol. The fourth-order valence-electron chi connectivity index (χ4n) is 1.94. The van der Waals surface area contributed by atoms with E-state index in [0.717, 1.165) is 5.56 Å². The van der Waals surface area contributed by atoms with Crippen LogP contribution in [0.15, 0.2) is 66.9 Å². The van der Waals surface area contributed by atoms with Crippen LogP contribution in [0.25, 0.3) is 11.1 Å². The first kappa shape index (κ1) is 12.4. The number of ether oxygens (including phenoxy) is 1. The van der Waals surface area contributed by atoms with Gasteiger partial charge in [0.2, 0.25) is 0 Å². The molecule has 0 aliphatic rings. The molecule has 97 valence electrons. The van der Waals surface area contributed by atoms with Gasteiger partial charge in [-0.2, -0.15) is 4.98 Å². The van der Waals surface area contributed by atoms with Gasteiger partial charge >= 0.3 is 6.01 Å². The second kappa shape index (κ2) is 5.97. The van der Waals surface area contributed by atoms with Gasteiger partial charge in [0.25, 0.3) is 0 Å². The number of aromatic nitrogens is 2. The smallest absolute Gasteiger partial charge is 0.317 e. The van der Waals surface area contributed by atoms with Gasteiger partial charge in [-0.15, -0.1) is 0 Å². The minimum Gasteiger partial charge on any atom is -0.459 e. The van der Waals surface area contributed by atoms with Gasteiger partial charge in [0.05, 0.1) is 6.20 Å². The van der Waals surface area contributed by atoms with Crippen molar-refractivity contribution in [3.05, 3.63) is 78.6 Å². The number of benzene rings is 2. The normalized spacial score (nSPS) is 10.2. The van der Waals surface area contributed by atoms with E-state index < -0.39 is 0 Å². The van der Waals surface area contributed by atoms with Gasteiger partial charge in [-0.1, -0.05) is 48.5 Å². The Hall–Kier alpha value is -2.68. The van der Waals surface area contributed by atoms with Gasteiger partial charge in [-0.25, -0.2) is 4.98 Å². The topological polar surface area (TPSA) is 35.0 Å². The van der Waals surface area contributed by atoms with Crippen molar-refractivity contribution >= 4 is 0 Å². The molecule has 0 unspecified atom stereocenters. The van der Waals surface area contributed by atoms with E-state index >= 15 is 0 Å². The first-order chi connectivity index (χ1) is 9.92. The zero-order chi connectivity index (χ0) is 13.6. The molecular formula is C17H13N2O. The summed E-state index contributed by atoms with van der Waals surface area (Å²) in [6.45, 7) is 0.443. The molecule has 0 fully saturated rings. The van der Waals surface area contributed by atoms with E-state index in [0.29, 0.717) is 12.6 Å². The van der Waals surface area contributed by atoms with E-state index in [9.17, 15) is 0 Å². The Morgan fingerprint density at radius 3 is 2.60 bits per heavy atom. The van der Waals surface area contributed by atoms with Crippen LogP contribution in [0.1, 0.15) is 5.56 Å². The number of hydrogen-bond acceptors (Lipinski definition) is 3. The molecule has 0 spiro atoms. The van der Waals surface area contributed by atoms with Crippen LogP contribution in [-0.4, -0.2) is 9.97 Å². The molecule has 1 aromatic heterocycles. The molecule has 0 N–H and O–H groups in total. The zero-order valence-corrected chi connectivity index (χ0v) is 10.9. The zero-order valence-electron chi connectivity index (χ0n) is 10.9. The van der Waals surface area contributed by atoms with Crippen molar-refractivity contribution in [2.45, 2.75) is 6.61 Å². The Morgan fingerprint density at radius 2 is 1.80 bits per heavy atom. The molecule has 0 bridgehead atoms. The molecule has 0 saturated carbocycles. The lowest BCUT2D eigenvalue weighted by atomic mass is 10.0. The summed E-state index contributed by atoms with van der Waals surface area (Å²) < 4.78 is 5.53. The Morgan fingerprint density at radius 1 is 0.950 bits per heavy atom. The minimum atomic E-state index is 0.345. The Kier molecular flexibility index (Phi) is 3.69. The third kappa shape index (κ3) is 3.01. The third-order valence-corrected chi connectivity index (χ3v) is 2.90. The van der Waals surface area contributed by atoms with Crippen LogP contribution < -0.4 is 4.74 Å². The standard InChI is InChI=1S/C17H13N2O/c1-2-7-15(8-3-1)16-9-4-6-14(12-16)13-20-17-18-10-5-11-19-17/h1-10,12H,13H2. The predicted octanol–water partition coefficient (Wildman–Crippen LogP) is 3.52. The predicted molar refractivity (Wildman–Crippen MR) is 77.1 cm³/mol. The maximum absolute atomic E-state index is 5.53. The summed E-state index contributed by atoms with van der Waals surface area (Å²) >= 11 is 0. The summed E-state index contributed by atoms with van der Waals surface area (Å²) in [4.78, 5) is 7.93. The fraction of sp³-hybridized carbons (Fsp3) is 0.0588. The van der Waals surface area contributed by atoms with Crippen LogP contribution in [0.4, 0.5) is 0 Å². The van der Waals surface area contributed by atoms with Crippen LogP contribution in [0.3, 0.4) is 0 Å². The van der Waals surface area contributed by atoms with Crippen LogP contribution in [-0.2, 0) is 6.61 Å². The van der Waals surface area contributed by atoms with Crippen molar-refractivity contribution in [1.29, 1.82) is 0 Å². The summed E-state index contributed by atoms with van der Waals surface area (Å²) in [5.74, 6) is 0. The molecule has 3 nitrogen and oxygen atoms in total. The van der Waals surface area contributed by atoms with Crippen molar-refractivity contribution in [3.63, 3.8) is 0 Å². The minimum absolute atomic E-state index is 0.345. The summed E-state index contributed by atoms with van der Waals surface area (Å²) in [5.41, 5.74) is 3.45. The largest absolute Gasteiger partial charge is 0.459 e. The summed E-state index contributed by atoms with van der Waals surface area (Å²) in [5, 5.41) is 0. The van der Waals surface area contributed by atoms with E-state index in [-0.39, 0.29) is 0 Å². The third-order valence-electron chi connectivity index (χ3n) is 2.90. The molecule has 0 aliphatic carbocycles. The Bertz CT molecular complexity index is 669. The molecule has 0 atom stereocenters. The lowest BCUT2D eigenvalue weighted by Gasteiger charge is -2.06. The van der Waals surface area contributed by atoms with Gasteiger partial charge in [0.1, 0.15) is 6.61 Å². The maximum Gasteiger partial charge on any atom is 0.317 e. The van der Waals surface area contributed by atoms with E-state index in [1.54, 1.807) is 12.3 Å². The van der Waals surface area contributed by atoms with Crippen LogP contribution in [0.2, 0.25) is 0 Å². The summed E-state index contributed by atoms with van der Waals surface area (Å²) in [7, 11) is 0. The highest BCUT2D eigenvalue weighted by atomic mass is 16.5. The molecule has 1 radical (unpaired) electrons. The quantitative estimate of drug-likeness (QED) is 0.720. The number of rotatable bonds is 4. The molecule has 3 rings (SSSR count). The first-order valence-corrected chi connectivity index (χ1v) is 6.38. The lowest BCUT2D eigenvalue weighted by molar-refractivity contribution is 0.280. The second-order valence-electron chi connectivity index (χ2n) is 4.32. The average molecular weight is 261 g/mol. The van der Waals surface area contributed by atoms with Crippen molar-refractivity contribution in [1.82, 2.24) is 9.97 Å². The highest BCUT2D eigenvalue weighted by molar-refractivity contribution is 5.63. The number of nitrogens with zero attached hydrogens (tertiary/aromatic N) is 2. The molecule has 3 aromatic rings. The van der Waals surface area contributed by atoms with E-state index in [2.05, 4.69) is 40.4 Å². The molecule has 2 aromatic carbocycles. The van der Waals surface area contributed by atoms with Crippen molar-refractivity contribution in [2.24, 2.45) is 0 Å². The highest BCUT2D eigenvalue weighted by Crippen LogP contribution is 2.20. The van der Waals surface area contributed by atoms with Crippen LogP contribution in [0.5, 0.6) is 6.01 Å². The monoisotopic (exact) mass is 261 g/mol. The van der Waals surface area contributed by atoms with E-state index in [1.807, 2.05) is 30.3 Å². The summed E-state index contributed by atoms with van der Waals surface area (Å²) in [6.07, 6.45) is 4.31.